The van der Waals surface area contributed by atoms with E-state index >= 15 is 0 Å². The Hall–Kier alpha value is -2.97. The Labute approximate surface area is 149 Å². The van der Waals surface area contributed by atoms with Crippen LogP contribution in [-0.2, 0) is 6.42 Å². The third-order valence-electron chi connectivity index (χ3n) is 4.04. The second-order valence-corrected chi connectivity index (χ2v) is 6.01. The molecular weight excluding hydrogens is 336 g/mol. The number of hydrogen-bond acceptors (Lipinski definition) is 8. The summed E-state index contributed by atoms with van der Waals surface area (Å²) < 4.78 is 16.9. The van der Waals surface area contributed by atoms with Crippen molar-refractivity contribution in [2.45, 2.75) is 18.6 Å². The molecule has 2 aromatic heterocycles. The van der Waals surface area contributed by atoms with Gasteiger partial charge in [0.2, 0.25) is 11.7 Å². The third-order valence-corrected chi connectivity index (χ3v) is 4.04. The molecule has 26 heavy (non-hydrogen) atoms. The number of hydrogen-bond donors (Lipinski definition) is 2. The van der Waals surface area contributed by atoms with Gasteiger partial charge in [-0.1, -0.05) is 23.4 Å². The highest BCUT2D eigenvalue weighted by atomic mass is 16.6. The van der Waals surface area contributed by atoms with Crippen LogP contribution in [0.15, 0.2) is 47.1 Å². The molecule has 8 nitrogen and oxygen atoms in total. The predicted molar refractivity (Wildman–Crippen MR) is 91.6 cm³/mol. The van der Waals surface area contributed by atoms with Gasteiger partial charge in [-0.3, -0.25) is 0 Å². The standard InChI is InChI=1S/C18H18N4O4/c19-13(9-23)8-16-21-17(22-26-16)12-4-1-3-11(7-12)15-10-24-14-5-2-6-20-18(14)25-15/h1-7,13,15,23H,8-10,19H2/t13-,15-/m0/s1. The molecule has 3 aromatic rings. The number of aliphatic hydroxyl groups is 1. The fourth-order valence-electron chi connectivity index (χ4n) is 2.69. The number of nitrogens with zero attached hydrogens (tertiary/aromatic N) is 3. The molecule has 4 rings (SSSR count). The summed E-state index contributed by atoms with van der Waals surface area (Å²) in [7, 11) is 0. The molecule has 3 N–H and O–H groups in total. The van der Waals surface area contributed by atoms with Crippen LogP contribution < -0.4 is 15.2 Å². The molecule has 3 heterocycles. The van der Waals surface area contributed by atoms with Gasteiger partial charge in [-0.15, -0.1) is 0 Å². The molecule has 1 aliphatic heterocycles. The van der Waals surface area contributed by atoms with E-state index in [1.165, 1.54) is 0 Å². The van der Waals surface area contributed by atoms with Gasteiger partial charge >= 0.3 is 0 Å². The highest BCUT2D eigenvalue weighted by molar-refractivity contribution is 5.56. The number of aromatic nitrogens is 3. The van der Waals surface area contributed by atoms with Gasteiger partial charge in [0.15, 0.2) is 11.9 Å². The Bertz CT molecular complexity index is 898. The maximum absolute atomic E-state index is 9.02. The first-order valence-electron chi connectivity index (χ1n) is 8.27. The van der Waals surface area contributed by atoms with E-state index in [9.17, 15) is 0 Å². The van der Waals surface area contributed by atoms with Crippen LogP contribution in [0.2, 0.25) is 0 Å². The highest BCUT2D eigenvalue weighted by Gasteiger charge is 2.24. The summed E-state index contributed by atoms with van der Waals surface area (Å²) >= 11 is 0. The average molecular weight is 354 g/mol. The fraction of sp³-hybridized carbons (Fsp3) is 0.278. The molecule has 0 unspecified atom stereocenters. The molecule has 8 heteroatoms. The average Bonchev–Trinajstić information content (AvgIpc) is 3.16. The highest BCUT2D eigenvalue weighted by Crippen LogP contribution is 2.34. The van der Waals surface area contributed by atoms with Crippen LogP contribution in [0, 0.1) is 0 Å². The first-order valence-corrected chi connectivity index (χ1v) is 8.27. The summed E-state index contributed by atoms with van der Waals surface area (Å²) in [5, 5.41) is 13.0. The van der Waals surface area contributed by atoms with E-state index in [2.05, 4.69) is 15.1 Å². The van der Waals surface area contributed by atoms with Gasteiger partial charge in [-0.05, 0) is 23.8 Å². The zero-order valence-electron chi connectivity index (χ0n) is 13.9. The Balaban J connectivity index is 1.54. The number of fused-ring (bicyclic) bond motifs is 1. The largest absolute Gasteiger partial charge is 0.484 e. The number of rotatable bonds is 5. The van der Waals surface area contributed by atoms with Gasteiger partial charge in [-0.2, -0.15) is 4.98 Å². The molecule has 0 aliphatic carbocycles. The topological polar surface area (TPSA) is 117 Å². The first-order chi connectivity index (χ1) is 12.7. The molecule has 1 aliphatic rings. The number of aliphatic hydroxyl groups excluding tert-OH is 1. The minimum absolute atomic E-state index is 0.137. The lowest BCUT2D eigenvalue weighted by Crippen LogP contribution is -2.26. The summed E-state index contributed by atoms with van der Waals surface area (Å²) in [6.07, 6.45) is 1.72. The number of ether oxygens (including phenoxy) is 2. The van der Waals surface area contributed by atoms with Crippen LogP contribution in [0.4, 0.5) is 0 Å². The van der Waals surface area contributed by atoms with Crippen LogP contribution in [0.25, 0.3) is 11.4 Å². The minimum Gasteiger partial charge on any atom is -0.484 e. The van der Waals surface area contributed by atoms with Crippen molar-refractivity contribution in [3.05, 3.63) is 54.0 Å². The molecule has 1 aromatic carbocycles. The molecule has 0 spiro atoms. The van der Waals surface area contributed by atoms with Gasteiger partial charge < -0.3 is 24.8 Å². The Morgan fingerprint density at radius 3 is 3.08 bits per heavy atom. The summed E-state index contributed by atoms with van der Waals surface area (Å²) in [4.78, 5) is 8.53. The van der Waals surface area contributed by atoms with Crippen LogP contribution in [0.1, 0.15) is 17.6 Å². The van der Waals surface area contributed by atoms with Crippen LogP contribution in [-0.4, -0.2) is 39.5 Å². The molecule has 0 saturated heterocycles. The molecular formula is C18H18N4O4. The van der Waals surface area contributed by atoms with Crippen LogP contribution in [0.5, 0.6) is 11.6 Å². The smallest absolute Gasteiger partial charge is 0.257 e. The molecule has 2 atom stereocenters. The second kappa shape index (κ2) is 7.11. The zero-order chi connectivity index (χ0) is 17.9. The van der Waals surface area contributed by atoms with E-state index in [0.29, 0.717) is 36.4 Å². The number of benzene rings is 1. The van der Waals surface area contributed by atoms with Crippen LogP contribution in [0.3, 0.4) is 0 Å². The summed E-state index contributed by atoms with van der Waals surface area (Å²) in [6.45, 7) is 0.257. The van der Waals surface area contributed by atoms with Crippen molar-refractivity contribution in [1.82, 2.24) is 15.1 Å². The van der Waals surface area contributed by atoms with Crippen molar-refractivity contribution in [2.75, 3.05) is 13.2 Å². The zero-order valence-corrected chi connectivity index (χ0v) is 13.9. The normalized spacial score (nSPS) is 17.1. The monoisotopic (exact) mass is 354 g/mol. The van der Waals surface area contributed by atoms with E-state index in [4.69, 9.17) is 24.8 Å². The quantitative estimate of drug-likeness (QED) is 0.708. The number of nitrogens with two attached hydrogens (primary N) is 1. The fourth-order valence-corrected chi connectivity index (χ4v) is 2.69. The Kier molecular flexibility index (Phi) is 4.51. The van der Waals surface area contributed by atoms with Gasteiger partial charge in [0, 0.05) is 24.2 Å². The lowest BCUT2D eigenvalue weighted by atomic mass is 10.1. The van der Waals surface area contributed by atoms with Gasteiger partial charge in [0.1, 0.15) is 6.61 Å². The molecule has 0 amide bonds. The maximum atomic E-state index is 9.02. The van der Waals surface area contributed by atoms with Crippen molar-refractivity contribution in [1.29, 1.82) is 0 Å². The Morgan fingerprint density at radius 2 is 2.19 bits per heavy atom. The minimum atomic E-state index is -0.421. The maximum Gasteiger partial charge on any atom is 0.257 e. The van der Waals surface area contributed by atoms with Crippen molar-refractivity contribution >= 4 is 0 Å². The first kappa shape index (κ1) is 16.5. The molecule has 134 valence electrons. The summed E-state index contributed by atoms with van der Waals surface area (Å²) in [5.41, 5.74) is 7.42. The molecule has 0 radical (unpaired) electrons. The van der Waals surface area contributed by atoms with Crippen molar-refractivity contribution in [2.24, 2.45) is 5.73 Å². The van der Waals surface area contributed by atoms with Gasteiger partial charge in [0.25, 0.3) is 5.88 Å². The lowest BCUT2D eigenvalue weighted by Gasteiger charge is -2.25. The number of pyridine rings is 1. The van der Waals surface area contributed by atoms with E-state index in [-0.39, 0.29) is 12.7 Å². The van der Waals surface area contributed by atoms with Gasteiger partial charge in [0.05, 0.1) is 6.61 Å². The van der Waals surface area contributed by atoms with E-state index in [0.717, 1.165) is 11.1 Å². The summed E-state index contributed by atoms with van der Waals surface area (Å²) in [5.74, 6) is 1.97. The SMILES string of the molecule is N[C@H](CO)Cc1nc(-c2cccc([C@@H]3COc4cccnc4O3)c2)no1. The summed E-state index contributed by atoms with van der Waals surface area (Å²) in [6, 6.07) is 10.9. The van der Waals surface area contributed by atoms with Crippen molar-refractivity contribution < 1.29 is 19.1 Å². The van der Waals surface area contributed by atoms with E-state index in [1.807, 2.05) is 30.3 Å². The van der Waals surface area contributed by atoms with Crippen molar-refractivity contribution in [3.63, 3.8) is 0 Å². The second-order valence-electron chi connectivity index (χ2n) is 6.01. The molecule has 0 bridgehead atoms. The third kappa shape index (κ3) is 3.37. The van der Waals surface area contributed by atoms with Crippen LogP contribution >= 0.6 is 0 Å². The van der Waals surface area contributed by atoms with Gasteiger partial charge in [-0.25, -0.2) is 4.98 Å². The van der Waals surface area contributed by atoms with E-state index < -0.39 is 6.04 Å². The molecule has 0 saturated carbocycles. The van der Waals surface area contributed by atoms with E-state index in [1.54, 1.807) is 12.3 Å². The lowest BCUT2D eigenvalue weighted by molar-refractivity contribution is 0.0851. The molecule has 0 fully saturated rings. The Morgan fingerprint density at radius 1 is 1.27 bits per heavy atom. The predicted octanol–water partition coefficient (Wildman–Crippen LogP) is 1.51. The van der Waals surface area contributed by atoms with Crippen molar-refractivity contribution in [3.8, 4) is 23.0 Å².